The molecule has 1 rings (SSSR count). The van der Waals surface area contributed by atoms with Gasteiger partial charge in [-0.25, -0.2) is 9.97 Å². The molecule has 0 aliphatic carbocycles. The van der Waals surface area contributed by atoms with E-state index in [1.54, 1.807) is 19.0 Å². The van der Waals surface area contributed by atoms with Crippen LogP contribution in [-0.2, 0) is 15.6 Å². The van der Waals surface area contributed by atoms with E-state index in [9.17, 15) is 14.7 Å². The summed E-state index contributed by atoms with van der Waals surface area (Å²) in [4.78, 5) is 35.4. The highest BCUT2D eigenvalue weighted by atomic mass is 16.3. The van der Waals surface area contributed by atoms with Gasteiger partial charge in [-0.15, -0.1) is 0 Å². The molecule has 0 bridgehead atoms. The number of hydrogen-bond donors (Lipinski definition) is 2. The third-order valence-corrected chi connectivity index (χ3v) is 3.61. The average molecular weight is 362 g/mol. The molecule has 1 aromatic rings. The smallest absolute Gasteiger partial charge is 0.256 e. The third-order valence-electron chi connectivity index (χ3n) is 3.61. The summed E-state index contributed by atoms with van der Waals surface area (Å²) >= 11 is 0. The Morgan fingerprint density at radius 3 is 1.73 bits per heavy atom. The lowest BCUT2D eigenvalue weighted by Crippen LogP contribution is -2.29. The van der Waals surface area contributed by atoms with Crippen molar-refractivity contribution < 1.29 is 14.7 Å². The van der Waals surface area contributed by atoms with Crippen molar-refractivity contribution in [1.29, 1.82) is 0 Å². The maximum absolute atomic E-state index is 13.0. The van der Waals surface area contributed by atoms with Gasteiger partial charge in [0, 0.05) is 38.2 Å². The predicted octanol–water partition coefficient (Wildman–Crippen LogP) is 2.15. The number of carbonyl (C=O) groups excluding carboxylic acids is 2. The number of nitrogens with one attached hydrogen (secondary N) is 1. The summed E-state index contributed by atoms with van der Waals surface area (Å²) in [5, 5.41) is 13.1. The molecule has 2 N–H and O–H groups in total. The highest BCUT2D eigenvalue weighted by molar-refractivity contribution is 6.24. The lowest BCUT2D eigenvalue weighted by molar-refractivity contribution is -0.116. The number of nitrogens with zero attached hydrogens (tertiary/aromatic N) is 3. The quantitative estimate of drug-likeness (QED) is 0.369. The molecule has 0 aliphatic heterocycles. The lowest BCUT2D eigenvalue weighted by Gasteiger charge is -2.26. The van der Waals surface area contributed by atoms with E-state index in [1.807, 2.05) is 41.5 Å². The number of aromatic nitrogens is 2. The average Bonchev–Trinajstić information content (AvgIpc) is 2.48. The second kappa shape index (κ2) is 7.43. The molecule has 144 valence electrons. The summed E-state index contributed by atoms with van der Waals surface area (Å²) < 4.78 is 0. The van der Waals surface area contributed by atoms with Crippen LogP contribution in [0.15, 0.2) is 11.8 Å². The highest BCUT2D eigenvalue weighted by Gasteiger charge is 2.32. The minimum absolute atomic E-state index is 0.0142. The first-order valence-electron chi connectivity index (χ1n) is 8.47. The van der Waals surface area contributed by atoms with E-state index < -0.39 is 22.5 Å². The van der Waals surface area contributed by atoms with Gasteiger partial charge in [-0.1, -0.05) is 41.5 Å². The zero-order valence-electron chi connectivity index (χ0n) is 17.2. The molecule has 0 radical (unpaired) electrons. The molecule has 26 heavy (non-hydrogen) atoms. The first kappa shape index (κ1) is 21.6. The van der Waals surface area contributed by atoms with Crippen LogP contribution < -0.4 is 5.32 Å². The van der Waals surface area contributed by atoms with Crippen molar-refractivity contribution in [1.82, 2.24) is 20.2 Å². The number of carbonyl (C=O) groups is 2. The third kappa shape index (κ3) is 4.80. The van der Waals surface area contributed by atoms with Crippen LogP contribution in [0.3, 0.4) is 0 Å². The Labute approximate surface area is 155 Å². The van der Waals surface area contributed by atoms with Gasteiger partial charge in [-0.2, -0.15) is 0 Å². The summed E-state index contributed by atoms with van der Waals surface area (Å²) in [6.45, 7) is 11.4. The van der Waals surface area contributed by atoms with Crippen LogP contribution in [0.1, 0.15) is 63.5 Å². The molecule has 1 aromatic heterocycles. The van der Waals surface area contributed by atoms with E-state index in [0.29, 0.717) is 11.4 Å². The van der Waals surface area contributed by atoms with Crippen molar-refractivity contribution in [3.8, 4) is 5.75 Å². The Morgan fingerprint density at radius 2 is 1.42 bits per heavy atom. The van der Waals surface area contributed by atoms with Gasteiger partial charge in [-0.3, -0.25) is 9.59 Å². The Hall–Kier alpha value is -2.44. The molecule has 1 heterocycles. The second-order valence-corrected chi connectivity index (χ2v) is 8.51. The van der Waals surface area contributed by atoms with Crippen molar-refractivity contribution in [3.05, 3.63) is 29.0 Å². The first-order chi connectivity index (χ1) is 11.7. The largest absolute Gasteiger partial charge is 0.504 e. The van der Waals surface area contributed by atoms with Crippen molar-refractivity contribution in [2.75, 3.05) is 21.1 Å². The van der Waals surface area contributed by atoms with Gasteiger partial charge < -0.3 is 15.3 Å². The van der Waals surface area contributed by atoms with E-state index in [-0.39, 0.29) is 17.1 Å². The fourth-order valence-corrected chi connectivity index (χ4v) is 2.34. The molecular formula is C19H30N4O3. The molecular weight excluding hydrogens is 332 g/mol. The molecule has 1 amide bonds. The predicted molar refractivity (Wildman–Crippen MR) is 101 cm³/mol. The van der Waals surface area contributed by atoms with Gasteiger partial charge in [-0.05, 0) is 0 Å². The fraction of sp³-hybridized carbons (Fsp3) is 0.579. The maximum Gasteiger partial charge on any atom is 0.256 e. The zero-order valence-corrected chi connectivity index (χ0v) is 17.2. The maximum atomic E-state index is 13.0. The molecule has 0 aliphatic rings. The SMILES string of the molecule is CNC(=O)C(=CN(C)C)C(=O)c1nc(C(C)(C)C)c(O)c(C(C)(C)C)n1. The molecule has 0 saturated carbocycles. The molecule has 0 aromatic carbocycles. The minimum Gasteiger partial charge on any atom is -0.504 e. The molecule has 0 fully saturated rings. The van der Waals surface area contributed by atoms with E-state index in [2.05, 4.69) is 15.3 Å². The number of Topliss-reactive ketones (excluding diaryl/α,β-unsaturated/α-hetero) is 1. The Morgan fingerprint density at radius 1 is 1.00 bits per heavy atom. The van der Waals surface area contributed by atoms with Gasteiger partial charge in [0.1, 0.15) is 5.57 Å². The van der Waals surface area contributed by atoms with Crippen molar-refractivity contribution >= 4 is 11.7 Å². The molecule has 0 spiro atoms. The molecule has 0 saturated heterocycles. The Kier molecular flexibility index (Phi) is 6.18. The van der Waals surface area contributed by atoms with Crippen LogP contribution in [0.4, 0.5) is 0 Å². The summed E-state index contributed by atoms with van der Waals surface area (Å²) in [7, 11) is 4.89. The summed E-state index contributed by atoms with van der Waals surface area (Å²) in [6.07, 6.45) is 1.44. The van der Waals surface area contributed by atoms with Crippen LogP contribution in [-0.4, -0.2) is 52.8 Å². The number of amides is 1. The molecule has 7 heteroatoms. The standard InChI is InChI=1S/C19H30N4O3/c1-18(2,3)14-13(25)15(19(4,5)6)22-16(21-14)12(24)11(10-23(8)9)17(26)20-7/h10,25H,1-9H3,(H,20,26). The first-order valence-corrected chi connectivity index (χ1v) is 8.47. The van der Waals surface area contributed by atoms with Crippen molar-refractivity contribution in [2.24, 2.45) is 0 Å². The van der Waals surface area contributed by atoms with Gasteiger partial charge >= 0.3 is 0 Å². The summed E-state index contributed by atoms with van der Waals surface area (Å²) in [5.41, 5.74) is -0.312. The van der Waals surface area contributed by atoms with Crippen LogP contribution >= 0.6 is 0 Å². The van der Waals surface area contributed by atoms with E-state index in [4.69, 9.17) is 0 Å². The summed E-state index contributed by atoms with van der Waals surface area (Å²) in [6, 6.07) is 0. The number of likely N-dealkylation sites (N-methyl/N-ethyl adjacent to an activating group) is 1. The fourth-order valence-electron chi connectivity index (χ4n) is 2.34. The number of aromatic hydroxyl groups is 1. The van der Waals surface area contributed by atoms with Crippen molar-refractivity contribution in [3.63, 3.8) is 0 Å². The number of hydrogen-bond acceptors (Lipinski definition) is 6. The lowest BCUT2D eigenvalue weighted by atomic mass is 9.85. The van der Waals surface area contributed by atoms with Gasteiger partial charge in [0.2, 0.25) is 11.6 Å². The minimum atomic E-state index is -0.589. The monoisotopic (exact) mass is 362 g/mol. The molecule has 0 unspecified atom stereocenters. The second-order valence-electron chi connectivity index (χ2n) is 8.51. The van der Waals surface area contributed by atoms with E-state index in [0.717, 1.165) is 0 Å². The van der Waals surface area contributed by atoms with E-state index in [1.165, 1.54) is 13.2 Å². The van der Waals surface area contributed by atoms with Gasteiger partial charge in [0.05, 0.1) is 11.4 Å². The summed E-state index contributed by atoms with van der Waals surface area (Å²) in [5.74, 6) is -1.22. The number of rotatable bonds is 4. The zero-order chi connectivity index (χ0) is 20.4. The Balaban J connectivity index is 3.71. The number of ketones is 1. The van der Waals surface area contributed by atoms with Crippen LogP contribution in [0.25, 0.3) is 0 Å². The molecule has 7 nitrogen and oxygen atoms in total. The van der Waals surface area contributed by atoms with E-state index >= 15 is 0 Å². The van der Waals surface area contributed by atoms with Gasteiger partial charge in [0.25, 0.3) is 5.91 Å². The Bertz CT molecular complexity index is 703. The van der Waals surface area contributed by atoms with Gasteiger partial charge in [0.15, 0.2) is 5.75 Å². The topological polar surface area (TPSA) is 95.4 Å². The van der Waals surface area contributed by atoms with Crippen LogP contribution in [0.2, 0.25) is 0 Å². The molecule has 0 atom stereocenters. The normalized spacial score (nSPS) is 12.7. The van der Waals surface area contributed by atoms with Crippen LogP contribution in [0, 0.1) is 0 Å². The highest BCUT2D eigenvalue weighted by Crippen LogP contribution is 2.36. The van der Waals surface area contributed by atoms with Crippen LogP contribution in [0.5, 0.6) is 5.75 Å². The van der Waals surface area contributed by atoms with Crippen molar-refractivity contribution in [2.45, 2.75) is 52.4 Å².